The van der Waals surface area contributed by atoms with Gasteiger partial charge in [-0.25, -0.2) is 0 Å². The van der Waals surface area contributed by atoms with Gasteiger partial charge in [-0.1, -0.05) is 72.8 Å². The number of carbonyl (C=O) groups is 3. The predicted octanol–water partition coefficient (Wildman–Crippen LogP) is 2.88. The number of nitrogens with one attached hydrogen (secondary N) is 1. The summed E-state index contributed by atoms with van der Waals surface area (Å²) in [4.78, 5) is 50.9. The summed E-state index contributed by atoms with van der Waals surface area (Å²) in [7, 11) is 0. The van der Waals surface area contributed by atoms with E-state index in [1.807, 2.05) is 84.9 Å². The number of aliphatic hydroxyl groups excluding tert-OH is 1. The fraction of sp³-hybridized carbons (Fsp3) is 0.417. The zero-order chi connectivity index (χ0) is 33.0. The summed E-state index contributed by atoms with van der Waals surface area (Å²) >= 11 is 2.24. The summed E-state index contributed by atoms with van der Waals surface area (Å²) in [6, 6.07) is 25.3. The van der Waals surface area contributed by atoms with Gasteiger partial charge in [0.25, 0.3) is 0 Å². The second-order valence-electron chi connectivity index (χ2n) is 13.0. The lowest BCUT2D eigenvalue weighted by molar-refractivity contribution is -0.214. The lowest BCUT2D eigenvalue weighted by Crippen LogP contribution is -2.70. The summed E-state index contributed by atoms with van der Waals surface area (Å²) in [5.41, 5.74) is 1.02. The zero-order valence-electron chi connectivity index (χ0n) is 26.1. The van der Waals surface area contributed by atoms with E-state index < -0.39 is 53.7 Å². The van der Waals surface area contributed by atoms with Gasteiger partial charge in [-0.2, -0.15) is 5.06 Å². The van der Waals surface area contributed by atoms with Gasteiger partial charge in [0.05, 0.1) is 13.2 Å². The largest absolute Gasteiger partial charge is 0.458 e. The molecule has 250 valence electrons. The van der Waals surface area contributed by atoms with Crippen LogP contribution >= 0.6 is 22.6 Å². The minimum atomic E-state index is -1.41. The van der Waals surface area contributed by atoms with Gasteiger partial charge in [0.1, 0.15) is 35.9 Å². The number of carbonyl (C=O) groups excluding carboxylic acids is 3. The van der Waals surface area contributed by atoms with Gasteiger partial charge in [-0.3, -0.25) is 19.2 Å². The van der Waals surface area contributed by atoms with Crippen LogP contribution in [0.4, 0.5) is 0 Å². The van der Waals surface area contributed by atoms with E-state index in [1.54, 1.807) is 9.96 Å². The minimum Gasteiger partial charge on any atom is -0.458 e. The minimum absolute atomic E-state index is 0.0883. The van der Waals surface area contributed by atoms with E-state index in [0.29, 0.717) is 19.4 Å². The van der Waals surface area contributed by atoms with Crippen LogP contribution in [0.2, 0.25) is 0 Å². The molecule has 5 aliphatic rings. The molecule has 8 rings (SSSR count). The van der Waals surface area contributed by atoms with E-state index in [1.165, 1.54) is 0 Å². The fourth-order valence-electron chi connectivity index (χ4n) is 8.29. The van der Waals surface area contributed by atoms with E-state index in [2.05, 4.69) is 27.9 Å². The molecule has 2 amide bonds. The number of fused-ring (bicyclic) bond motifs is 4. The maximum absolute atomic E-state index is 15.1. The van der Waals surface area contributed by atoms with Crippen LogP contribution in [0.1, 0.15) is 36.0 Å². The number of esters is 1. The first-order valence-electron chi connectivity index (χ1n) is 16.4. The average molecular weight is 766 g/mol. The Labute approximate surface area is 291 Å². The number of halogens is 1. The first-order valence-corrected chi connectivity index (χ1v) is 17.5. The Kier molecular flexibility index (Phi) is 8.28. The smallest absolute Gasteiger partial charge is 0.327 e. The number of ether oxygens (including phenoxy) is 3. The third kappa shape index (κ3) is 4.99. The quantitative estimate of drug-likeness (QED) is 0.263. The van der Waals surface area contributed by atoms with Crippen molar-refractivity contribution >= 4 is 40.4 Å². The molecule has 1 aliphatic carbocycles. The Hall–Kier alpha value is -3.40. The normalized spacial score (nSPS) is 31.7. The molecule has 5 fully saturated rings. The lowest BCUT2D eigenvalue weighted by Gasteiger charge is -2.50. The number of benzene rings is 3. The van der Waals surface area contributed by atoms with Gasteiger partial charge < -0.3 is 29.5 Å². The van der Waals surface area contributed by atoms with Gasteiger partial charge in [0.2, 0.25) is 17.6 Å². The van der Waals surface area contributed by atoms with E-state index >= 15 is 4.79 Å². The van der Waals surface area contributed by atoms with E-state index in [-0.39, 0.29) is 37.9 Å². The third-order valence-electron chi connectivity index (χ3n) is 10.3. The highest BCUT2D eigenvalue weighted by Gasteiger charge is 2.77. The second kappa shape index (κ2) is 12.5. The Morgan fingerprint density at radius 2 is 1.60 bits per heavy atom. The number of likely N-dealkylation sites (tertiary alicyclic amines) is 1. The average Bonchev–Trinajstić information content (AvgIpc) is 3.85. The molecule has 4 aliphatic heterocycles. The van der Waals surface area contributed by atoms with Gasteiger partial charge in [0, 0.05) is 34.2 Å². The molecule has 48 heavy (non-hydrogen) atoms. The first kappa shape index (κ1) is 31.8. The molecular weight excluding hydrogens is 729 g/mol. The molecule has 4 heterocycles. The first-order chi connectivity index (χ1) is 23.4. The van der Waals surface area contributed by atoms with Crippen LogP contribution in [0.5, 0.6) is 0 Å². The van der Waals surface area contributed by atoms with E-state index in [9.17, 15) is 14.7 Å². The molecule has 11 nitrogen and oxygen atoms in total. The molecule has 4 saturated heterocycles. The topological polar surface area (TPSA) is 127 Å². The van der Waals surface area contributed by atoms with Crippen molar-refractivity contribution in [2.24, 2.45) is 5.41 Å². The summed E-state index contributed by atoms with van der Waals surface area (Å²) in [5.74, 6) is -2.57. The Balaban J connectivity index is 1.23. The van der Waals surface area contributed by atoms with Crippen LogP contribution in [0.15, 0.2) is 84.9 Å². The van der Waals surface area contributed by atoms with Gasteiger partial charge in [-0.05, 0) is 53.1 Å². The Morgan fingerprint density at radius 3 is 2.27 bits per heavy atom. The van der Waals surface area contributed by atoms with Crippen LogP contribution in [-0.4, -0.2) is 89.0 Å². The SMILES string of the molecule is O=C(NCCO)C1CCCN1C(=O)C12CC3OC(=O)C1N(Cc1ccc(I)cc1)OC2C1OC(c2ccccc2)(c2ccccc2)OC31. The molecule has 3 aromatic rings. The van der Waals surface area contributed by atoms with E-state index in [4.69, 9.17) is 19.0 Å². The number of hydroxylamine groups is 2. The van der Waals surface area contributed by atoms with Crippen molar-refractivity contribution < 1.29 is 38.5 Å². The molecule has 7 atom stereocenters. The second-order valence-corrected chi connectivity index (χ2v) is 14.3. The lowest BCUT2D eigenvalue weighted by atomic mass is 9.62. The fourth-order valence-corrected chi connectivity index (χ4v) is 8.64. The maximum atomic E-state index is 15.1. The Morgan fingerprint density at radius 1 is 0.938 bits per heavy atom. The van der Waals surface area contributed by atoms with Crippen LogP contribution in [-0.2, 0) is 45.8 Å². The van der Waals surface area contributed by atoms with Crippen molar-refractivity contribution in [2.75, 3.05) is 19.7 Å². The van der Waals surface area contributed by atoms with Crippen molar-refractivity contribution in [1.29, 1.82) is 0 Å². The number of amides is 2. The molecule has 2 bridgehead atoms. The predicted molar refractivity (Wildman–Crippen MR) is 179 cm³/mol. The highest BCUT2D eigenvalue weighted by atomic mass is 127. The van der Waals surface area contributed by atoms with Crippen molar-refractivity contribution in [3.8, 4) is 0 Å². The zero-order valence-corrected chi connectivity index (χ0v) is 28.2. The molecule has 1 saturated carbocycles. The van der Waals surface area contributed by atoms with Crippen molar-refractivity contribution in [3.63, 3.8) is 0 Å². The molecule has 2 N–H and O–H groups in total. The molecule has 0 spiro atoms. The van der Waals surface area contributed by atoms with E-state index in [0.717, 1.165) is 20.3 Å². The highest BCUT2D eigenvalue weighted by molar-refractivity contribution is 14.1. The highest BCUT2D eigenvalue weighted by Crippen LogP contribution is 2.60. The van der Waals surface area contributed by atoms with Crippen molar-refractivity contribution in [1.82, 2.24) is 15.3 Å². The van der Waals surface area contributed by atoms with Crippen molar-refractivity contribution in [2.45, 2.75) is 68.1 Å². The summed E-state index contributed by atoms with van der Waals surface area (Å²) in [6.45, 7) is 0.469. The number of nitrogens with zero attached hydrogens (tertiary/aromatic N) is 2. The standard InChI is InChI=1S/C36H36IN3O8/c37-25-15-13-22(14-16-25)21-40-30-33(43)45-27-20-35(30,34(44)39-18-7-12-26(39)32(42)38-17-19-41)31(48-40)29-28(27)46-36(47-29,23-8-3-1-4-9-23)24-10-5-2-6-11-24/h1-6,8-11,13-16,26-31,41H,7,12,17-21H2,(H,38,42). The number of rotatable bonds is 8. The van der Waals surface area contributed by atoms with Gasteiger partial charge in [-0.15, -0.1) is 0 Å². The van der Waals surface area contributed by atoms with Gasteiger partial charge >= 0.3 is 5.97 Å². The molecule has 0 radical (unpaired) electrons. The van der Waals surface area contributed by atoms with Crippen LogP contribution in [0, 0.1) is 8.99 Å². The molecule has 3 aromatic carbocycles. The molecule has 7 unspecified atom stereocenters. The van der Waals surface area contributed by atoms with Crippen LogP contribution in [0.25, 0.3) is 0 Å². The molecular formula is C36H36IN3O8. The number of hydrogen-bond acceptors (Lipinski definition) is 9. The summed E-state index contributed by atoms with van der Waals surface area (Å²) in [6.07, 6.45) is -1.97. The van der Waals surface area contributed by atoms with Crippen LogP contribution in [0.3, 0.4) is 0 Å². The van der Waals surface area contributed by atoms with Crippen LogP contribution < -0.4 is 5.32 Å². The summed E-state index contributed by atoms with van der Waals surface area (Å²) in [5, 5.41) is 13.6. The van der Waals surface area contributed by atoms with Crippen molar-refractivity contribution in [3.05, 3.63) is 105 Å². The summed E-state index contributed by atoms with van der Waals surface area (Å²) < 4.78 is 21.2. The maximum Gasteiger partial charge on any atom is 0.327 e. The molecule has 12 heteroatoms. The van der Waals surface area contributed by atoms with Gasteiger partial charge in [0.15, 0.2) is 6.04 Å². The molecule has 0 aromatic heterocycles. The number of aliphatic hydroxyl groups is 1. The Bertz CT molecular complexity index is 1650. The monoisotopic (exact) mass is 765 g/mol. The number of hydrogen-bond donors (Lipinski definition) is 2. The third-order valence-corrected chi connectivity index (χ3v) is 11.1.